The second kappa shape index (κ2) is 8.72. The number of ether oxygens (including phenoxy) is 2. The van der Waals surface area contributed by atoms with E-state index < -0.39 is 0 Å². The zero-order chi connectivity index (χ0) is 27.2. The summed E-state index contributed by atoms with van der Waals surface area (Å²) in [6.07, 6.45) is 11.5. The summed E-state index contributed by atoms with van der Waals surface area (Å²) in [7, 11) is 1.61. The summed E-state index contributed by atoms with van der Waals surface area (Å²) in [5.74, 6) is 3.48. The Morgan fingerprint density at radius 1 is 0.784 bits per heavy atom. The van der Waals surface area contributed by atoms with Gasteiger partial charge in [-0.1, -0.05) is 48.5 Å². The standard InChI is InChI=1S/C33H54O4/c1-20(2)22-12-17-33(28(35)36-9)19-18-31(7)23(27(22)33)10-11-25-30(6)15-14-26(37-21(3)34)29(4,5)24(30)13-16-32(25,31)8/h20,22-27H,10-19H2,1-9H3/t22-,23?,24?,25?,26-,27?,30-,31+,32+,33-/m0/s1. The number of carbonyl (C=O) groups excluding carboxylic acids is 2. The molecule has 5 fully saturated rings. The second-order valence-electron chi connectivity index (χ2n) is 15.7. The van der Waals surface area contributed by atoms with Crippen molar-refractivity contribution < 1.29 is 19.1 Å². The minimum Gasteiger partial charge on any atom is -0.469 e. The van der Waals surface area contributed by atoms with E-state index in [2.05, 4.69) is 48.5 Å². The van der Waals surface area contributed by atoms with Gasteiger partial charge in [-0.05, 0) is 116 Å². The molecule has 37 heavy (non-hydrogen) atoms. The summed E-state index contributed by atoms with van der Waals surface area (Å²) in [6, 6.07) is 0. The number of esters is 2. The van der Waals surface area contributed by atoms with Gasteiger partial charge >= 0.3 is 11.9 Å². The van der Waals surface area contributed by atoms with E-state index in [1.165, 1.54) is 32.1 Å². The van der Waals surface area contributed by atoms with Gasteiger partial charge < -0.3 is 9.47 Å². The molecule has 4 unspecified atom stereocenters. The van der Waals surface area contributed by atoms with Gasteiger partial charge in [0.05, 0.1) is 12.5 Å². The average Bonchev–Trinajstić information content (AvgIpc) is 3.22. The van der Waals surface area contributed by atoms with E-state index in [1.807, 2.05) is 0 Å². The Labute approximate surface area is 226 Å². The maximum atomic E-state index is 13.4. The third kappa shape index (κ3) is 3.51. The minimum absolute atomic E-state index is 0.00144. The van der Waals surface area contributed by atoms with Crippen molar-refractivity contribution in [2.75, 3.05) is 7.11 Å². The van der Waals surface area contributed by atoms with Crippen LogP contribution in [0.2, 0.25) is 0 Å². The smallest absolute Gasteiger partial charge is 0.312 e. The molecular weight excluding hydrogens is 460 g/mol. The van der Waals surface area contributed by atoms with Gasteiger partial charge in [0.1, 0.15) is 6.10 Å². The van der Waals surface area contributed by atoms with Gasteiger partial charge in [-0.25, -0.2) is 0 Å². The van der Waals surface area contributed by atoms with Crippen LogP contribution >= 0.6 is 0 Å². The Hall–Kier alpha value is -1.06. The van der Waals surface area contributed by atoms with Crippen LogP contribution in [-0.4, -0.2) is 25.2 Å². The molecule has 0 aromatic carbocycles. The molecule has 10 atom stereocenters. The van der Waals surface area contributed by atoms with Crippen LogP contribution in [0.3, 0.4) is 0 Å². The van der Waals surface area contributed by atoms with Crippen molar-refractivity contribution in [1.29, 1.82) is 0 Å². The van der Waals surface area contributed by atoms with Crippen LogP contribution in [0.1, 0.15) is 120 Å². The molecule has 0 aromatic heterocycles. The quantitative estimate of drug-likeness (QED) is 0.360. The van der Waals surface area contributed by atoms with Crippen LogP contribution in [0, 0.1) is 62.6 Å². The second-order valence-corrected chi connectivity index (χ2v) is 15.7. The van der Waals surface area contributed by atoms with Crippen LogP contribution in [-0.2, 0) is 19.1 Å². The van der Waals surface area contributed by atoms with E-state index in [-0.39, 0.29) is 45.1 Å². The number of carbonyl (C=O) groups is 2. The highest BCUT2D eigenvalue weighted by molar-refractivity contribution is 5.78. The average molecular weight is 515 g/mol. The normalized spacial score (nSPS) is 50.3. The van der Waals surface area contributed by atoms with Crippen molar-refractivity contribution in [3.8, 4) is 0 Å². The van der Waals surface area contributed by atoms with Crippen molar-refractivity contribution in [3.63, 3.8) is 0 Å². The number of rotatable bonds is 3. The third-order valence-corrected chi connectivity index (χ3v) is 14.2. The van der Waals surface area contributed by atoms with Gasteiger partial charge in [-0.2, -0.15) is 0 Å². The van der Waals surface area contributed by atoms with Crippen LogP contribution < -0.4 is 0 Å². The van der Waals surface area contributed by atoms with Gasteiger partial charge in [0.2, 0.25) is 0 Å². The first-order valence-electron chi connectivity index (χ1n) is 15.4. The first-order chi connectivity index (χ1) is 17.2. The number of methoxy groups -OCH3 is 1. The fourth-order valence-corrected chi connectivity index (χ4v) is 12.3. The minimum atomic E-state index is -0.262. The van der Waals surface area contributed by atoms with Gasteiger partial charge in [0, 0.05) is 12.3 Å². The lowest BCUT2D eigenvalue weighted by Crippen LogP contribution is -2.67. The topological polar surface area (TPSA) is 52.6 Å². The summed E-state index contributed by atoms with van der Waals surface area (Å²) in [5, 5.41) is 0. The highest BCUT2D eigenvalue weighted by Gasteiger charge is 2.72. The van der Waals surface area contributed by atoms with Crippen molar-refractivity contribution >= 4 is 11.9 Å². The zero-order valence-electron chi connectivity index (χ0n) is 25.2. The Morgan fingerprint density at radius 2 is 1.49 bits per heavy atom. The maximum absolute atomic E-state index is 13.4. The molecule has 0 heterocycles. The molecule has 0 bridgehead atoms. The molecule has 5 rings (SSSR count). The SMILES string of the molecule is COC(=O)[C@]12CC[C@@H](C(C)C)C1C1CCC3[C@@]4(C)CC[C@H](OC(C)=O)C(C)(C)C4CC[C@@]3(C)[C@]1(C)CC2. The van der Waals surface area contributed by atoms with Crippen molar-refractivity contribution in [2.45, 2.75) is 126 Å². The summed E-state index contributed by atoms with van der Waals surface area (Å²) in [5.41, 5.74) is 0.532. The molecule has 210 valence electrons. The molecule has 5 saturated carbocycles. The van der Waals surface area contributed by atoms with Crippen LogP contribution in [0.15, 0.2) is 0 Å². The highest BCUT2D eigenvalue weighted by atomic mass is 16.5. The first kappa shape index (κ1) is 27.5. The van der Waals surface area contributed by atoms with Gasteiger partial charge in [0.25, 0.3) is 0 Å². The lowest BCUT2D eigenvalue weighted by atomic mass is 9.32. The summed E-state index contributed by atoms with van der Waals surface area (Å²) < 4.78 is 11.4. The van der Waals surface area contributed by atoms with E-state index in [4.69, 9.17) is 9.47 Å². The molecule has 0 saturated heterocycles. The predicted octanol–water partition coefficient (Wildman–Crippen LogP) is 7.83. The molecule has 5 aliphatic carbocycles. The monoisotopic (exact) mass is 514 g/mol. The lowest BCUT2D eigenvalue weighted by Gasteiger charge is -2.72. The number of fused-ring (bicyclic) bond motifs is 7. The van der Waals surface area contributed by atoms with Crippen molar-refractivity contribution in [2.24, 2.45) is 62.6 Å². The Morgan fingerprint density at radius 3 is 2.11 bits per heavy atom. The van der Waals surface area contributed by atoms with E-state index in [1.54, 1.807) is 14.0 Å². The van der Waals surface area contributed by atoms with Crippen molar-refractivity contribution in [1.82, 2.24) is 0 Å². The Balaban J connectivity index is 1.52. The van der Waals surface area contributed by atoms with Crippen LogP contribution in [0.5, 0.6) is 0 Å². The van der Waals surface area contributed by atoms with Crippen LogP contribution in [0.25, 0.3) is 0 Å². The molecule has 0 N–H and O–H groups in total. The van der Waals surface area contributed by atoms with Crippen molar-refractivity contribution in [3.05, 3.63) is 0 Å². The van der Waals surface area contributed by atoms with E-state index in [0.717, 1.165) is 32.1 Å². The first-order valence-corrected chi connectivity index (χ1v) is 15.4. The molecule has 4 nitrogen and oxygen atoms in total. The molecule has 5 aliphatic rings. The van der Waals surface area contributed by atoms with Gasteiger partial charge in [-0.15, -0.1) is 0 Å². The Bertz CT molecular complexity index is 939. The Kier molecular flexibility index (Phi) is 6.48. The van der Waals surface area contributed by atoms with Gasteiger partial charge in [-0.3, -0.25) is 9.59 Å². The molecule has 0 radical (unpaired) electrons. The highest BCUT2D eigenvalue weighted by Crippen LogP contribution is 2.77. The zero-order valence-corrected chi connectivity index (χ0v) is 25.2. The molecule has 4 heteroatoms. The number of hydrogen-bond donors (Lipinski definition) is 0. The summed E-state index contributed by atoms with van der Waals surface area (Å²) in [4.78, 5) is 25.4. The number of hydrogen-bond acceptors (Lipinski definition) is 4. The lowest BCUT2D eigenvalue weighted by molar-refractivity contribution is -0.251. The maximum Gasteiger partial charge on any atom is 0.312 e. The molecule has 0 aliphatic heterocycles. The van der Waals surface area contributed by atoms with Crippen LogP contribution in [0.4, 0.5) is 0 Å². The van der Waals surface area contributed by atoms with E-state index in [9.17, 15) is 9.59 Å². The van der Waals surface area contributed by atoms with Gasteiger partial charge in [0.15, 0.2) is 0 Å². The summed E-state index contributed by atoms with van der Waals surface area (Å²) >= 11 is 0. The predicted molar refractivity (Wildman–Crippen MR) is 147 cm³/mol. The van der Waals surface area contributed by atoms with E-state index in [0.29, 0.717) is 35.5 Å². The van der Waals surface area contributed by atoms with E-state index >= 15 is 0 Å². The largest absolute Gasteiger partial charge is 0.469 e. The molecule has 0 aromatic rings. The fraction of sp³-hybridized carbons (Fsp3) is 0.939. The summed E-state index contributed by atoms with van der Waals surface area (Å²) in [6.45, 7) is 19.0. The molecular formula is C33H54O4. The fourth-order valence-electron chi connectivity index (χ4n) is 12.3. The molecule has 0 amide bonds. The third-order valence-electron chi connectivity index (χ3n) is 14.2. The molecule has 0 spiro atoms.